The molecule has 0 atom stereocenters. The number of aromatic amines is 1. The Labute approximate surface area is 131 Å². The minimum atomic E-state index is -0.0218. The van der Waals surface area contributed by atoms with Gasteiger partial charge in [0.15, 0.2) is 5.78 Å². The van der Waals surface area contributed by atoms with E-state index in [4.69, 9.17) is 4.74 Å². The molecule has 0 aliphatic rings. The Hall–Kier alpha value is -2.07. The molecule has 0 aliphatic carbocycles. The standard InChI is InChI=1S/C17H14BrNO2/c1-10-6-7-11(8-15(10)21-2)17(20)12-9-19-14-5-3-4-13(18)16(12)14/h3-9,19H,1-2H3. The first-order chi connectivity index (χ1) is 10.1. The predicted molar refractivity (Wildman–Crippen MR) is 87.2 cm³/mol. The second-order valence-corrected chi connectivity index (χ2v) is 5.73. The van der Waals surface area contributed by atoms with E-state index in [1.165, 1.54) is 0 Å². The molecule has 3 nitrogen and oxygen atoms in total. The summed E-state index contributed by atoms with van der Waals surface area (Å²) >= 11 is 3.51. The fourth-order valence-electron chi connectivity index (χ4n) is 2.44. The number of benzene rings is 2. The molecule has 0 saturated heterocycles. The summed E-state index contributed by atoms with van der Waals surface area (Å²) in [6.45, 7) is 1.95. The topological polar surface area (TPSA) is 42.1 Å². The van der Waals surface area contributed by atoms with E-state index in [2.05, 4.69) is 20.9 Å². The molecule has 0 spiro atoms. The largest absolute Gasteiger partial charge is 0.496 e. The van der Waals surface area contributed by atoms with Gasteiger partial charge < -0.3 is 9.72 Å². The molecule has 0 unspecified atom stereocenters. The van der Waals surface area contributed by atoms with Gasteiger partial charge in [0.05, 0.1) is 7.11 Å². The Bertz CT molecular complexity index is 836. The van der Waals surface area contributed by atoms with Crippen molar-refractivity contribution in [2.75, 3.05) is 7.11 Å². The second kappa shape index (κ2) is 5.37. The fourth-order valence-corrected chi connectivity index (χ4v) is 3.02. The normalized spacial score (nSPS) is 10.8. The molecule has 2 aromatic carbocycles. The van der Waals surface area contributed by atoms with E-state index in [-0.39, 0.29) is 5.78 Å². The third-order valence-electron chi connectivity index (χ3n) is 3.57. The minimum Gasteiger partial charge on any atom is -0.496 e. The predicted octanol–water partition coefficient (Wildman–Crippen LogP) is 4.48. The van der Waals surface area contributed by atoms with E-state index in [1.807, 2.05) is 37.3 Å². The van der Waals surface area contributed by atoms with Crippen molar-refractivity contribution in [3.63, 3.8) is 0 Å². The van der Waals surface area contributed by atoms with E-state index in [1.54, 1.807) is 19.4 Å². The first-order valence-corrected chi connectivity index (χ1v) is 7.36. The molecule has 0 amide bonds. The van der Waals surface area contributed by atoms with Gasteiger partial charge in [-0.25, -0.2) is 0 Å². The van der Waals surface area contributed by atoms with Crippen LogP contribution in [0, 0.1) is 6.92 Å². The smallest absolute Gasteiger partial charge is 0.195 e. The lowest BCUT2D eigenvalue weighted by molar-refractivity contribution is 0.104. The summed E-state index contributed by atoms with van der Waals surface area (Å²) in [7, 11) is 1.61. The number of fused-ring (bicyclic) bond motifs is 1. The number of ketones is 1. The van der Waals surface area contributed by atoms with Gasteiger partial charge >= 0.3 is 0 Å². The molecule has 106 valence electrons. The second-order valence-electron chi connectivity index (χ2n) is 4.88. The van der Waals surface area contributed by atoms with Crippen LogP contribution in [0.1, 0.15) is 21.5 Å². The lowest BCUT2D eigenvalue weighted by Gasteiger charge is -2.07. The van der Waals surface area contributed by atoms with Crippen LogP contribution in [-0.4, -0.2) is 17.9 Å². The molecular weight excluding hydrogens is 330 g/mol. The molecule has 1 N–H and O–H groups in total. The van der Waals surface area contributed by atoms with Gasteiger partial charge in [-0.05, 0) is 30.7 Å². The highest BCUT2D eigenvalue weighted by molar-refractivity contribution is 9.10. The molecular formula is C17H14BrNO2. The summed E-state index contributed by atoms with van der Waals surface area (Å²) in [6.07, 6.45) is 1.75. The number of hydrogen-bond donors (Lipinski definition) is 1. The number of aromatic nitrogens is 1. The van der Waals surface area contributed by atoms with Gasteiger partial charge in [-0.3, -0.25) is 4.79 Å². The van der Waals surface area contributed by atoms with Gasteiger partial charge in [0.25, 0.3) is 0 Å². The average Bonchev–Trinajstić information content (AvgIpc) is 2.92. The Kier molecular flexibility index (Phi) is 3.55. The van der Waals surface area contributed by atoms with Crippen LogP contribution < -0.4 is 4.74 Å². The summed E-state index contributed by atoms with van der Waals surface area (Å²) in [5.74, 6) is 0.700. The van der Waals surface area contributed by atoms with Gasteiger partial charge in [-0.1, -0.05) is 34.1 Å². The van der Waals surface area contributed by atoms with Gasteiger partial charge in [0.2, 0.25) is 0 Å². The van der Waals surface area contributed by atoms with E-state index < -0.39 is 0 Å². The third-order valence-corrected chi connectivity index (χ3v) is 4.23. The molecule has 21 heavy (non-hydrogen) atoms. The monoisotopic (exact) mass is 343 g/mol. The summed E-state index contributed by atoms with van der Waals surface area (Å²) < 4.78 is 6.20. The maximum absolute atomic E-state index is 12.8. The molecule has 0 aliphatic heterocycles. The van der Waals surface area contributed by atoms with Crippen molar-refractivity contribution >= 4 is 32.6 Å². The van der Waals surface area contributed by atoms with Crippen LogP contribution in [0.25, 0.3) is 10.9 Å². The first-order valence-electron chi connectivity index (χ1n) is 6.56. The SMILES string of the molecule is COc1cc(C(=O)c2c[nH]c3cccc(Br)c23)ccc1C. The van der Waals surface area contributed by atoms with E-state index in [0.29, 0.717) is 11.1 Å². The van der Waals surface area contributed by atoms with Crippen LogP contribution in [0.5, 0.6) is 5.75 Å². The fraction of sp³-hybridized carbons (Fsp3) is 0.118. The van der Waals surface area contributed by atoms with Crippen LogP contribution in [0.4, 0.5) is 0 Å². The molecule has 4 heteroatoms. The Morgan fingerprint density at radius 2 is 2.05 bits per heavy atom. The van der Waals surface area contributed by atoms with Crippen molar-refractivity contribution in [1.82, 2.24) is 4.98 Å². The van der Waals surface area contributed by atoms with Crippen molar-refractivity contribution in [2.24, 2.45) is 0 Å². The highest BCUT2D eigenvalue weighted by Crippen LogP contribution is 2.29. The molecule has 1 heterocycles. The van der Waals surface area contributed by atoms with Gasteiger partial charge in [-0.15, -0.1) is 0 Å². The lowest BCUT2D eigenvalue weighted by Crippen LogP contribution is -2.01. The van der Waals surface area contributed by atoms with Crippen molar-refractivity contribution in [1.29, 1.82) is 0 Å². The zero-order valence-electron chi connectivity index (χ0n) is 11.7. The zero-order valence-corrected chi connectivity index (χ0v) is 13.3. The number of rotatable bonds is 3. The molecule has 0 fully saturated rings. The maximum Gasteiger partial charge on any atom is 0.195 e. The number of H-pyrrole nitrogens is 1. The van der Waals surface area contributed by atoms with Gasteiger partial charge in [0, 0.05) is 32.7 Å². The minimum absolute atomic E-state index is 0.0218. The molecule has 0 bridgehead atoms. The molecule has 3 aromatic rings. The van der Waals surface area contributed by atoms with Crippen LogP contribution in [0.3, 0.4) is 0 Å². The third kappa shape index (κ3) is 2.36. The van der Waals surface area contributed by atoms with Crippen molar-refractivity contribution in [2.45, 2.75) is 6.92 Å². The van der Waals surface area contributed by atoms with E-state index in [0.717, 1.165) is 26.7 Å². The summed E-state index contributed by atoms with van der Waals surface area (Å²) in [4.78, 5) is 15.9. The van der Waals surface area contributed by atoms with Crippen LogP contribution in [0.2, 0.25) is 0 Å². The maximum atomic E-state index is 12.8. The number of carbonyl (C=O) groups excluding carboxylic acids is 1. The Balaban J connectivity index is 2.13. The van der Waals surface area contributed by atoms with Gasteiger partial charge in [-0.2, -0.15) is 0 Å². The average molecular weight is 344 g/mol. The number of halogens is 1. The zero-order chi connectivity index (χ0) is 15.0. The summed E-state index contributed by atoms with van der Waals surface area (Å²) in [5.41, 5.74) is 3.22. The van der Waals surface area contributed by atoms with Crippen molar-refractivity contribution in [3.8, 4) is 5.75 Å². The quantitative estimate of drug-likeness (QED) is 0.712. The number of nitrogens with one attached hydrogen (secondary N) is 1. The molecule has 1 aromatic heterocycles. The molecule has 0 radical (unpaired) electrons. The Morgan fingerprint density at radius 1 is 1.24 bits per heavy atom. The highest BCUT2D eigenvalue weighted by atomic mass is 79.9. The number of carbonyl (C=O) groups is 1. The number of hydrogen-bond acceptors (Lipinski definition) is 2. The van der Waals surface area contributed by atoms with Crippen LogP contribution in [0.15, 0.2) is 47.1 Å². The lowest BCUT2D eigenvalue weighted by atomic mass is 10.0. The summed E-state index contributed by atoms with van der Waals surface area (Å²) in [6, 6.07) is 11.3. The van der Waals surface area contributed by atoms with Crippen molar-refractivity contribution in [3.05, 3.63) is 63.8 Å². The summed E-state index contributed by atoms with van der Waals surface area (Å²) in [5, 5.41) is 0.905. The Morgan fingerprint density at radius 3 is 2.81 bits per heavy atom. The van der Waals surface area contributed by atoms with Crippen molar-refractivity contribution < 1.29 is 9.53 Å². The van der Waals surface area contributed by atoms with E-state index >= 15 is 0 Å². The molecule has 3 rings (SSSR count). The number of aryl methyl sites for hydroxylation is 1. The molecule has 0 saturated carbocycles. The highest BCUT2D eigenvalue weighted by Gasteiger charge is 2.17. The van der Waals surface area contributed by atoms with Gasteiger partial charge in [0.1, 0.15) is 5.75 Å². The number of methoxy groups -OCH3 is 1. The van der Waals surface area contributed by atoms with Crippen LogP contribution in [-0.2, 0) is 0 Å². The first kappa shape index (κ1) is 13.9. The number of ether oxygens (including phenoxy) is 1. The van der Waals surface area contributed by atoms with E-state index in [9.17, 15) is 4.79 Å². The van der Waals surface area contributed by atoms with Crippen LogP contribution >= 0.6 is 15.9 Å².